The number of benzene rings is 4. The lowest BCUT2D eigenvalue weighted by atomic mass is 9.98. The van der Waals surface area contributed by atoms with Gasteiger partial charge in [-0.3, -0.25) is 0 Å². The van der Waals surface area contributed by atoms with Crippen molar-refractivity contribution < 1.29 is 13.9 Å². The molecule has 3 N–H and O–H groups in total. The molecule has 2 aromatic heterocycles. The fraction of sp³-hybridized carbons (Fsp3) is 0.129. The number of aromatic amines is 1. The molecule has 186 valence electrons. The van der Waals surface area contributed by atoms with Crippen LogP contribution in [0.25, 0.3) is 44.0 Å². The van der Waals surface area contributed by atoms with E-state index in [1.807, 2.05) is 30.3 Å². The number of hydrogen-bond acceptors (Lipinski definition) is 4. The Bertz CT molecular complexity index is 1730. The molecule has 0 unspecified atom stereocenters. The number of carbonyl (C=O) groups excluding carboxylic acids is 1. The Morgan fingerprint density at radius 1 is 0.919 bits per heavy atom. The molecule has 0 spiro atoms. The van der Waals surface area contributed by atoms with Crippen molar-refractivity contribution in [1.29, 1.82) is 0 Å². The minimum Gasteiger partial charge on any atom is -0.465 e. The topological polar surface area (TPSA) is 81.2 Å². The van der Waals surface area contributed by atoms with Crippen molar-refractivity contribution in [3.63, 3.8) is 0 Å². The summed E-state index contributed by atoms with van der Waals surface area (Å²) in [7, 11) is 1.39. The Hall–Kier alpha value is -4.06. The second kappa shape index (κ2) is 10.1. The Morgan fingerprint density at radius 2 is 1.70 bits per heavy atom. The minimum absolute atomic E-state index is 0. The number of methoxy groups -OCH3 is 1. The molecule has 0 radical (unpaired) electrons. The molecule has 0 saturated heterocycles. The van der Waals surface area contributed by atoms with E-state index in [0.717, 1.165) is 62.7 Å². The van der Waals surface area contributed by atoms with Crippen LogP contribution >= 0.6 is 12.4 Å². The first-order valence-corrected chi connectivity index (χ1v) is 12.1. The molecule has 0 aliphatic rings. The molecule has 4 aromatic carbocycles. The highest BCUT2D eigenvalue weighted by Crippen LogP contribution is 2.37. The SMILES string of the molecule is COC(=O)c1ccc(Cc2[nH]c3ccc(-c4cccc5c4oc4ccccc45)cc3c2CCN)cc1.Cl. The average molecular weight is 511 g/mol. The van der Waals surface area contributed by atoms with Crippen LogP contribution in [0, 0.1) is 0 Å². The van der Waals surface area contributed by atoms with Crippen LogP contribution in [0.15, 0.2) is 89.3 Å². The molecule has 0 saturated carbocycles. The van der Waals surface area contributed by atoms with E-state index >= 15 is 0 Å². The zero-order valence-electron chi connectivity index (χ0n) is 20.4. The highest BCUT2D eigenvalue weighted by molar-refractivity contribution is 6.10. The summed E-state index contributed by atoms with van der Waals surface area (Å²) in [6, 6.07) is 28.5. The van der Waals surface area contributed by atoms with Gasteiger partial charge in [-0.1, -0.05) is 54.6 Å². The predicted octanol–water partition coefficient (Wildman–Crippen LogP) is 7.03. The van der Waals surface area contributed by atoms with Gasteiger partial charge in [0.05, 0.1) is 12.7 Å². The molecule has 0 atom stereocenters. The Morgan fingerprint density at radius 3 is 2.49 bits per heavy atom. The molecule has 2 heterocycles. The van der Waals surface area contributed by atoms with Gasteiger partial charge in [0.15, 0.2) is 0 Å². The van der Waals surface area contributed by atoms with Crippen LogP contribution in [0.3, 0.4) is 0 Å². The third-order valence-corrected chi connectivity index (χ3v) is 6.86. The summed E-state index contributed by atoms with van der Waals surface area (Å²) in [5.41, 5.74) is 15.1. The second-order valence-corrected chi connectivity index (χ2v) is 9.03. The number of H-pyrrole nitrogens is 1. The number of carbonyl (C=O) groups is 1. The molecule has 37 heavy (non-hydrogen) atoms. The molecule has 5 nitrogen and oxygen atoms in total. The first-order valence-electron chi connectivity index (χ1n) is 12.1. The molecule has 6 aromatic rings. The Kier molecular flexibility index (Phi) is 6.74. The van der Waals surface area contributed by atoms with Gasteiger partial charge in [0, 0.05) is 39.4 Å². The minimum atomic E-state index is -0.331. The Labute approximate surface area is 220 Å². The maximum absolute atomic E-state index is 11.8. The zero-order valence-corrected chi connectivity index (χ0v) is 21.2. The maximum atomic E-state index is 11.8. The van der Waals surface area contributed by atoms with Gasteiger partial charge in [-0.15, -0.1) is 12.4 Å². The maximum Gasteiger partial charge on any atom is 0.337 e. The average Bonchev–Trinajstić information content (AvgIpc) is 3.46. The van der Waals surface area contributed by atoms with E-state index in [-0.39, 0.29) is 18.4 Å². The lowest BCUT2D eigenvalue weighted by Gasteiger charge is -2.06. The standard InChI is InChI=1S/C31H26N2O3.ClH/c1-35-31(34)20-11-9-19(10-12-20)17-28-23(15-16-32)26-18-21(13-14-27(26)33-28)22-6-4-7-25-24-5-2-3-8-29(24)36-30(22)25;/h2-14,18,33H,15-17,32H2,1H3;1H. The quantitative estimate of drug-likeness (QED) is 0.235. The van der Waals surface area contributed by atoms with Gasteiger partial charge >= 0.3 is 5.97 Å². The van der Waals surface area contributed by atoms with E-state index in [9.17, 15) is 4.79 Å². The number of nitrogens with one attached hydrogen (secondary N) is 1. The summed E-state index contributed by atoms with van der Waals surface area (Å²) in [6.45, 7) is 0.560. The monoisotopic (exact) mass is 510 g/mol. The molecule has 0 fully saturated rings. The molecule has 6 heteroatoms. The van der Waals surface area contributed by atoms with E-state index in [0.29, 0.717) is 12.1 Å². The molecular weight excluding hydrogens is 484 g/mol. The lowest BCUT2D eigenvalue weighted by molar-refractivity contribution is 0.0600. The van der Waals surface area contributed by atoms with Crippen LogP contribution in [-0.4, -0.2) is 24.6 Å². The summed E-state index contributed by atoms with van der Waals surface area (Å²) in [5.74, 6) is -0.331. The summed E-state index contributed by atoms with van der Waals surface area (Å²) < 4.78 is 11.1. The number of fused-ring (bicyclic) bond motifs is 4. The zero-order chi connectivity index (χ0) is 24.6. The van der Waals surface area contributed by atoms with E-state index in [1.165, 1.54) is 18.1 Å². The molecule has 6 rings (SSSR count). The van der Waals surface area contributed by atoms with Gasteiger partial charge in [-0.2, -0.15) is 0 Å². The number of nitrogens with two attached hydrogens (primary N) is 1. The van der Waals surface area contributed by atoms with E-state index < -0.39 is 0 Å². The highest BCUT2D eigenvalue weighted by atomic mass is 35.5. The number of para-hydroxylation sites is 2. The number of furan rings is 1. The normalized spacial score (nSPS) is 11.2. The fourth-order valence-electron chi connectivity index (χ4n) is 5.11. The highest BCUT2D eigenvalue weighted by Gasteiger charge is 2.16. The number of esters is 1. The van der Waals surface area contributed by atoms with Gasteiger partial charge in [0.2, 0.25) is 0 Å². The van der Waals surface area contributed by atoms with Crippen LogP contribution in [-0.2, 0) is 17.6 Å². The molecule has 0 aliphatic carbocycles. The molecule has 0 amide bonds. The Balaban J connectivity index is 0.00000280. The van der Waals surface area contributed by atoms with Crippen molar-refractivity contribution in [2.75, 3.05) is 13.7 Å². The summed E-state index contributed by atoms with van der Waals surface area (Å²) in [5, 5.41) is 3.42. The van der Waals surface area contributed by atoms with Crippen molar-refractivity contribution in [3.8, 4) is 11.1 Å². The van der Waals surface area contributed by atoms with E-state index in [1.54, 1.807) is 12.1 Å². The van der Waals surface area contributed by atoms with Crippen LogP contribution in [0.2, 0.25) is 0 Å². The van der Waals surface area contributed by atoms with Crippen LogP contribution < -0.4 is 5.73 Å². The van der Waals surface area contributed by atoms with Crippen molar-refractivity contribution in [2.24, 2.45) is 5.73 Å². The number of halogens is 1. The molecular formula is C31H27ClN2O3. The van der Waals surface area contributed by atoms with Crippen LogP contribution in [0.5, 0.6) is 0 Å². The number of aromatic nitrogens is 1. The smallest absolute Gasteiger partial charge is 0.337 e. The van der Waals surface area contributed by atoms with Gasteiger partial charge < -0.3 is 19.9 Å². The largest absolute Gasteiger partial charge is 0.465 e. The second-order valence-electron chi connectivity index (χ2n) is 9.03. The van der Waals surface area contributed by atoms with E-state index in [4.69, 9.17) is 14.9 Å². The first-order chi connectivity index (χ1) is 17.7. The van der Waals surface area contributed by atoms with Crippen molar-refractivity contribution in [3.05, 3.63) is 107 Å². The number of hydrogen-bond donors (Lipinski definition) is 2. The number of rotatable bonds is 6. The number of ether oxygens (including phenoxy) is 1. The summed E-state index contributed by atoms with van der Waals surface area (Å²) >= 11 is 0. The van der Waals surface area contributed by atoms with Crippen LogP contribution in [0.1, 0.15) is 27.2 Å². The lowest BCUT2D eigenvalue weighted by Crippen LogP contribution is -2.05. The van der Waals surface area contributed by atoms with Gasteiger partial charge in [-0.25, -0.2) is 4.79 Å². The first kappa shape index (κ1) is 24.6. The summed E-state index contributed by atoms with van der Waals surface area (Å²) in [6.07, 6.45) is 1.49. The predicted molar refractivity (Wildman–Crippen MR) is 152 cm³/mol. The van der Waals surface area contributed by atoms with Gasteiger partial charge in [0.25, 0.3) is 0 Å². The van der Waals surface area contributed by atoms with Crippen molar-refractivity contribution in [2.45, 2.75) is 12.8 Å². The summed E-state index contributed by atoms with van der Waals surface area (Å²) in [4.78, 5) is 15.4. The van der Waals surface area contributed by atoms with Crippen molar-refractivity contribution in [1.82, 2.24) is 4.98 Å². The molecule has 0 bridgehead atoms. The molecule has 0 aliphatic heterocycles. The third kappa shape index (κ3) is 4.37. The van der Waals surface area contributed by atoms with Crippen molar-refractivity contribution >= 4 is 51.2 Å². The van der Waals surface area contributed by atoms with Gasteiger partial charge in [-0.05, 0) is 60.0 Å². The van der Waals surface area contributed by atoms with Gasteiger partial charge in [0.1, 0.15) is 11.2 Å². The fourth-order valence-corrected chi connectivity index (χ4v) is 5.11. The third-order valence-electron chi connectivity index (χ3n) is 6.86. The van der Waals surface area contributed by atoms with Crippen LogP contribution in [0.4, 0.5) is 0 Å². The van der Waals surface area contributed by atoms with E-state index in [2.05, 4.69) is 47.4 Å².